The SMILES string of the molecule is CCCCCCCCC(CC(C)S)C(OCC)(OCC)OCC. The van der Waals surface area contributed by atoms with Gasteiger partial charge in [-0.15, -0.1) is 0 Å². The lowest BCUT2D eigenvalue weighted by Gasteiger charge is -2.39. The van der Waals surface area contributed by atoms with Crippen molar-refractivity contribution in [1.82, 2.24) is 0 Å². The molecular formula is C19H40O3S. The molecule has 3 nitrogen and oxygen atoms in total. The van der Waals surface area contributed by atoms with Crippen molar-refractivity contribution < 1.29 is 14.2 Å². The molecule has 2 atom stereocenters. The zero-order valence-electron chi connectivity index (χ0n) is 16.1. The van der Waals surface area contributed by atoms with E-state index >= 15 is 0 Å². The molecule has 2 unspecified atom stereocenters. The normalized spacial score (nSPS) is 14.9. The predicted octanol–water partition coefficient (Wildman–Crippen LogP) is 5.82. The molecule has 0 aromatic carbocycles. The number of rotatable bonds is 16. The summed E-state index contributed by atoms with van der Waals surface area (Å²) in [5.74, 6) is -0.681. The summed E-state index contributed by atoms with van der Waals surface area (Å²) in [4.78, 5) is 0. The van der Waals surface area contributed by atoms with Gasteiger partial charge in [0.1, 0.15) is 0 Å². The highest BCUT2D eigenvalue weighted by Crippen LogP contribution is 2.34. The van der Waals surface area contributed by atoms with Crippen molar-refractivity contribution in [3.05, 3.63) is 0 Å². The smallest absolute Gasteiger partial charge is 0.285 e. The number of ether oxygens (including phenoxy) is 3. The summed E-state index contributed by atoms with van der Waals surface area (Å²) < 4.78 is 18.0. The van der Waals surface area contributed by atoms with Gasteiger partial charge in [-0.25, -0.2) is 0 Å². The van der Waals surface area contributed by atoms with E-state index < -0.39 is 5.97 Å². The molecule has 0 bridgehead atoms. The monoisotopic (exact) mass is 348 g/mol. The first-order chi connectivity index (χ1) is 11.1. The summed E-state index contributed by atoms with van der Waals surface area (Å²) in [5, 5.41) is 0.306. The van der Waals surface area contributed by atoms with Crippen molar-refractivity contribution in [2.45, 2.75) is 97.2 Å². The van der Waals surface area contributed by atoms with Crippen molar-refractivity contribution in [2.75, 3.05) is 19.8 Å². The van der Waals surface area contributed by atoms with E-state index in [1.54, 1.807) is 0 Å². The minimum absolute atomic E-state index is 0.223. The van der Waals surface area contributed by atoms with Gasteiger partial charge in [0.05, 0.1) is 0 Å². The highest BCUT2D eigenvalue weighted by atomic mass is 32.1. The quantitative estimate of drug-likeness (QED) is 0.216. The first-order valence-corrected chi connectivity index (χ1v) is 10.2. The maximum Gasteiger partial charge on any atom is 0.285 e. The van der Waals surface area contributed by atoms with E-state index in [9.17, 15) is 0 Å². The van der Waals surface area contributed by atoms with Crippen LogP contribution in [0.15, 0.2) is 0 Å². The van der Waals surface area contributed by atoms with Crippen LogP contribution in [-0.4, -0.2) is 31.0 Å². The average Bonchev–Trinajstić information content (AvgIpc) is 2.50. The molecule has 0 spiro atoms. The molecule has 0 saturated carbocycles. The summed E-state index contributed by atoms with van der Waals surface area (Å²) >= 11 is 4.60. The summed E-state index contributed by atoms with van der Waals surface area (Å²) in [7, 11) is 0. The molecule has 0 N–H and O–H groups in total. The van der Waals surface area contributed by atoms with E-state index in [-0.39, 0.29) is 5.92 Å². The van der Waals surface area contributed by atoms with Crippen molar-refractivity contribution in [2.24, 2.45) is 5.92 Å². The van der Waals surface area contributed by atoms with Gasteiger partial charge in [0.25, 0.3) is 5.97 Å². The van der Waals surface area contributed by atoms with Gasteiger partial charge in [-0.1, -0.05) is 52.4 Å². The summed E-state index contributed by atoms with van der Waals surface area (Å²) in [6, 6.07) is 0. The summed E-state index contributed by atoms with van der Waals surface area (Å²) in [5.41, 5.74) is 0. The third kappa shape index (κ3) is 9.96. The van der Waals surface area contributed by atoms with Crippen molar-refractivity contribution in [1.29, 1.82) is 0 Å². The Kier molecular flexibility index (Phi) is 14.7. The average molecular weight is 349 g/mol. The van der Waals surface area contributed by atoms with Crippen LogP contribution in [-0.2, 0) is 14.2 Å². The van der Waals surface area contributed by atoms with Gasteiger partial charge in [-0.3, -0.25) is 0 Å². The van der Waals surface area contributed by atoms with Gasteiger partial charge < -0.3 is 14.2 Å². The lowest BCUT2D eigenvalue weighted by Crippen LogP contribution is -2.47. The Bertz CT molecular complexity index is 242. The molecule has 0 aliphatic rings. The van der Waals surface area contributed by atoms with E-state index in [1.165, 1.54) is 38.5 Å². The van der Waals surface area contributed by atoms with Crippen LogP contribution in [0.5, 0.6) is 0 Å². The maximum absolute atomic E-state index is 5.99. The van der Waals surface area contributed by atoms with Gasteiger partial charge in [0.2, 0.25) is 0 Å². The second kappa shape index (κ2) is 14.6. The Morgan fingerprint density at radius 3 is 1.70 bits per heavy atom. The van der Waals surface area contributed by atoms with Gasteiger partial charge in [0.15, 0.2) is 0 Å². The first-order valence-electron chi connectivity index (χ1n) is 9.66. The fourth-order valence-electron chi connectivity index (χ4n) is 3.10. The molecule has 0 aromatic heterocycles. The van der Waals surface area contributed by atoms with Gasteiger partial charge in [-0.05, 0) is 38.9 Å². The molecule has 0 saturated heterocycles. The highest BCUT2D eigenvalue weighted by Gasteiger charge is 2.42. The molecule has 0 amide bonds. The molecule has 0 aliphatic heterocycles. The second-order valence-electron chi connectivity index (χ2n) is 6.24. The molecule has 0 aliphatic carbocycles. The van der Waals surface area contributed by atoms with Crippen LogP contribution in [0.25, 0.3) is 0 Å². The van der Waals surface area contributed by atoms with Crippen LogP contribution in [0, 0.1) is 5.92 Å². The van der Waals surface area contributed by atoms with E-state index in [4.69, 9.17) is 14.2 Å². The standard InChI is InChI=1S/C19H40O3S/c1-6-10-11-12-13-14-15-18(16-17(5)23)19(20-7-2,21-8-3)22-9-4/h17-18,23H,6-16H2,1-5H3. The molecule has 0 heterocycles. The molecule has 0 radical (unpaired) electrons. The molecule has 140 valence electrons. The van der Waals surface area contributed by atoms with Crippen LogP contribution in [0.2, 0.25) is 0 Å². The lowest BCUT2D eigenvalue weighted by molar-refractivity contribution is -0.403. The third-order valence-electron chi connectivity index (χ3n) is 4.07. The zero-order chi connectivity index (χ0) is 17.6. The van der Waals surface area contributed by atoms with Crippen molar-refractivity contribution in [3.8, 4) is 0 Å². The minimum Gasteiger partial charge on any atom is -0.328 e. The fraction of sp³-hybridized carbons (Fsp3) is 1.00. The molecular weight excluding hydrogens is 308 g/mol. The molecule has 0 fully saturated rings. The zero-order valence-corrected chi connectivity index (χ0v) is 17.0. The van der Waals surface area contributed by atoms with Gasteiger partial charge >= 0.3 is 0 Å². The largest absolute Gasteiger partial charge is 0.328 e. The first kappa shape index (κ1) is 23.2. The van der Waals surface area contributed by atoms with Crippen molar-refractivity contribution >= 4 is 12.6 Å². The van der Waals surface area contributed by atoms with Crippen LogP contribution in [0.4, 0.5) is 0 Å². The Labute approximate surface area is 150 Å². The highest BCUT2D eigenvalue weighted by molar-refractivity contribution is 7.80. The number of thiol groups is 1. The van der Waals surface area contributed by atoms with Crippen molar-refractivity contribution in [3.63, 3.8) is 0 Å². The van der Waals surface area contributed by atoms with E-state index in [0.29, 0.717) is 25.1 Å². The van der Waals surface area contributed by atoms with Gasteiger partial charge in [-0.2, -0.15) is 12.6 Å². The molecule has 4 heteroatoms. The minimum atomic E-state index is -0.904. The van der Waals surface area contributed by atoms with E-state index in [0.717, 1.165) is 12.8 Å². The summed E-state index contributed by atoms with van der Waals surface area (Å²) in [6.45, 7) is 12.2. The second-order valence-corrected chi connectivity index (χ2v) is 7.12. The number of unbranched alkanes of at least 4 members (excludes halogenated alkanes) is 5. The topological polar surface area (TPSA) is 27.7 Å². The lowest BCUT2D eigenvalue weighted by atomic mass is 9.93. The Hall–Kier alpha value is 0.230. The Balaban J connectivity index is 4.76. The van der Waals surface area contributed by atoms with Crippen LogP contribution < -0.4 is 0 Å². The maximum atomic E-state index is 5.99. The fourth-order valence-corrected chi connectivity index (χ4v) is 3.36. The van der Waals surface area contributed by atoms with E-state index in [1.807, 2.05) is 20.8 Å². The molecule has 0 aromatic rings. The molecule has 23 heavy (non-hydrogen) atoms. The number of hydrogen-bond donors (Lipinski definition) is 1. The van der Waals surface area contributed by atoms with Crippen LogP contribution in [0.3, 0.4) is 0 Å². The molecule has 0 rings (SSSR count). The van der Waals surface area contributed by atoms with Crippen LogP contribution >= 0.6 is 12.6 Å². The number of hydrogen-bond acceptors (Lipinski definition) is 4. The predicted molar refractivity (Wildman–Crippen MR) is 102 cm³/mol. The third-order valence-corrected chi connectivity index (χ3v) is 4.28. The Morgan fingerprint density at radius 2 is 1.26 bits per heavy atom. The van der Waals surface area contributed by atoms with E-state index in [2.05, 4.69) is 26.5 Å². The Morgan fingerprint density at radius 1 is 0.783 bits per heavy atom. The van der Waals surface area contributed by atoms with Gasteiger partial charge in [0, 0.05) is 25.7 Å². The van der Waals surface area contributed by atoms with Crippen LogP contribution in [0.1, 0.15) is 86.0 Å². The summed E-state index contributed by atoms with van der Waals surface area (Å²) in [6.07, 6.45) is 9.79.